The number of nitrogens with one attached hydrogen (secondary N) is 2. The van der Waals surface area contributed by atoms with Gasteiger partial charge < -0.3 is 24.7 Å². The van der Waals surface area contributed by atoms with E-state index in [1.54, 1.807) is 6.40 Å². The van der Waals surface area contributed by atoms with Gasteiger partial charge in [0.05, 0.1) is 24.4 Å². The fraction of sp³-hybridized carbons (Fsp3) is 0.429. The third-order valence-electron chi connectivity index (χ3n) is 7.52. The van der Waals surface area contributed by atoms with Gasteiger partial charge in [-0.1, -0.05) is 12.1 Å². The van der Waals surface area contributed by atoms with Gasteiger partial charge in [-0.3, -0.25) is 4.99 Å². The molecule has 1 aromatic heterocycles. The van der Waals surface area contributed by atoms with Gasteiger partial charge in [-0.2, -0.15) is 0 Å². The zero-order valence-electron chi connectivity index (χ0n) is 20.1. The van der Waals surface area contributed by atoms with Crippen molar-refractivity contribution in [1.82, 2.24) is 9.88 Å². The van der Waals surface area contributed by atoms with E-state index in [4.69, 9.17) is 9.47 Å². The SMILES string of the molecule is CCOc1ccc2c(C3CN=CO3)c(-c3ccc(NC(=O)NC4CCC4)cc3)n(C3CCC3)c2c1. The maximum absolute atomic E-state index is 12.3. The van der Waals surface area contributed by atoms with E-state index >= 15 is 0 Å². The summed E-state index contributed by atoms with van der Waals surface area (Å²) in [7, 11) is 0. The highest BCUT2D eigenvalue weighted by Gasteiger charge is 2.32. The smallest absolute Gasteiger partial charge is 0.319 e. The summed E-state index contributed by atoms with van der Waals surface area (Å²) in [6.07, 6.45) is 8.36. The summed E-state index contributed by atoms with van der Waals surface area (Å²) < 4.78 is 14.3. The van der Waals surface area contributed by atoms with E-state index in [2.05, 4.69) is 44.5 Å². The van der Waals surface area contributed by atoms with Crippen molar-refractivity contribution in [2.24, 2.45) is 4.99 Å². The second-order valence-electron chi connectivity index (χ2n) is 9.73. The molecular weight excluding hydrogens is 440 g/mol. The molecule has 0 spiro atoms. The number of urea groups is 1. The molecule has 3 aromatic rings. The minimum atomic E-state index is -0.133. The molecule has 0 radical (unpaired) electrons. The van der Waals surface area contributed by atoms with Gasteiger partial charge in [-0.15, -0.1) is 0 Å². The Hall–Kier alpha value is -3.48. The number of hydrogen-bond donors (Lipinski definition) is 2. The zero-order valence-corrected chi connectivity index (χ0v) is 20.1. The number of anilines is 1. The number of aliphatic imine (C=N–C) groups is 1. The van der Waals surface area contributed by atoms with Crippen LogP contribution in [-0.2, 0) is 4.74 Å². The lowest BCUT2D eigenvalue weighted by Crippen LogP contribution is -2.41. The molecule has 2 fully saturated rings. The van der Waals surface area contributed by atoms with Crippen LogP contribution < -0.4 is 15.4 Å². The summed E-state index contributed by atoms with van der Waals surface area (Å²) in [4.78, 5) is 16.7. The van der Waals surface area contributed by atoms with E-state index < -0.39 is 0 Å². The molecule has 2 heterocycles. The van der Waals surface area contributed by atoms with E-state index in [1.165, 1.54) is 35.0 Å². The number of carbonyl (C=O) groups is 1. The normalized spacial score (nSPS) is 19.7. The molecule has 35 heavy (non-hydrogen) atoms. The highest BCUT2D eigenvalue weighted by Crippen LogP contribution is 2.46. The Morgan fingerprint density at radius 3 is 2.54 bits per heavy atom. The van der Waals surface area contributed by atoms with Crippen molar-refractivity contribution in [3.8, 4) is 17.0 Å². The van der Waals surface area contributed by atoms with Crippen molar-refractivity contribution < 1.29 is 14.3 Å². The lowest BCUT2D eigenvalue weighted by molar-refractivity contribution is 0.240. The summed E-state index contributed by atoms with van der Waals surface area (Å²) in [6.45, 7) is 3.26. The number of ether oxygens (including phenoxy) is 2. The predicted molar refractivity (Wildman–Crippen MR) is 138 cm³/mol. The van der Waals surface area contributed by atoms with Crippen molar-refractivity contribution in [2.75, 3.05) is 18.5 Å². The molecule has 0 saturated heterocycles. The van der Waals surface area contributed by atoms with Gasteiger partial charge >= 0.3 is 6.03 Å². The average molecular weight is 473 g/mol. The Labute approximate surface area is 205 Å². The highest BCUT2D eigenvalue weighted by atomic mass is 16.5. The average Bonchev–Trinajstić information content (AvgIpc) is 3.43. The second-order valence-corrected chi connectivity index (χ2v) is 9.73. The molecule has 1 unspecified atom stereocenters. The monoisotopic (exact) mass is 472 g/mol. The molecular formula is C28H32N4O3. The first kappa shape index (κ1) is 22.0. The summed E-state index contributed by atoms with van der Waals surface area (Å²) >= 11 is 0. The molecule has 1 aliphatic heterocycles. The predicted octanol–water partition coefficient (Wildman–Crippen LogP) is 6.21. The van der Waals surface area contributed by atoms with Crippen LogP contribution in [0.25, 0.3) is 22.2 Å². The quantitative estimate of drug-likeness (QED) is 0.429. The standard InChI is InChI=1S/C28H32N4O3/c1-2-34-22-13-14-23-24(15-22)32(21-7-4-8-21)27(26(23)25-16-29-17-35-25)18-9-11-20(12-10-18)31-28(33)30-19-5-3-6-19/h9-15,17,19,21,25H,2-8,16H2,1H3,(H2,30,31,33). The Bertz CT molecular complexity index is 1250. The van der Waals surface area contributed by atoms with Gasteiger partial charge in [0.1, 0.15) is 11.9 Å². The number of hydrogen-bond acceptors (Lipinski definition) is 4. The fourth-order valence-electron chi connectivity index (χ4n) is 5.29. The van der Waals surface area contributed by atoms with Gasteiger partial charge in [0.15, 0.2) is 6.40 Å². The first-order valence-corrected chi connectivity index (χ1v) is 12.8. The lowest BCUT2D eigenvalue weighted by Gasteiger charge is -2.30. The first-order chi connectivity index (χ1) is 17.2. The number of aromatic nitrogens is 1. The molecule has 2 aliphatic carbocycles. The van der Waals surface area contributed by atoms with Crippen molar-refractivity contribution in [1.29, 1.82) is 0 Å². The number of benzene rings is 2. The van der Waals surface area contributed by atoms with Crippen LogP contribution in [0.2, 0.25) is 0 Å². The summed E-state index contributed by atoms with van der Waals surface area (Å²) in [5.74, 6) is 0.886. The van der Waals surface area contributed by atoms with Crippen LogP contribution in [0.4, 0.5) is 10.5 Å². The van der Waals surface area contributed by atoms with E-state index in [-0.39, 0.29) is 12.1 Å². The summed E-state index contributed by atoms with van der Waals surface area (Å²) in [5, 5.41) is 7.20. The first-order valence-electron chi connectivity index (χ1n) is 12.8. The zero-order chi connectivity index (χ0) is 23.8. The molecule has 7 nitrogen and oxygen atoms in total. The molecule has 2 aromatic carbocycles. The molecule has 7 heteroatoms. The maximum atomic E-state index is 12.3. The van der Waals surface area contributed by atoms with Crippen LogP contribution in [0.15, 0.2) is 47.5 Å². The third-order valence-corrected chi connectivity index (χ3v) is 7.52. The summed E-state index contributed by atoms with van der Waals surface area (Å²) in [5.41, 5.74) is 5.44. The van der Waals surface area contributed by atoms with Crippen LogP contribution in [0.1, 0.15) is 63.2 Å². The largest absolute Gasteiger partial charge is 0.494 e. The van der Waals surface area contributed by atoms with Gasteiger partial charge in [0.2, 0.25) is 0 Å². The number of nitrogens with zero attached hydrogens (tertiary/aromatic N) is 2. The van der Waals surface area contributed by atoms with Crippen LogP contribution in [-0.4, -0.2) is 36.2 Å². The highest BCUT2D eigenvalue weighted by molar-refractivity contribution is 5.94. The Balaban J connectivity index is 1.41. The molecule has 2 N–H and O–H groups in total. The van der Waals surface area contributed by atoms with Crippen LogP contribution in [0.5, 0.6) is 5.75 Å². The Morgan fingerprint density at radius 2 is 1.91 bits per heavy atom. The van der Waals surface area contributed by atoms with Gasteiger partial charge in [-0.25, -0.2) is 4.79 Å². The van der Waals surface area contributed by atoms with E-state index in [0.717, 1.165) is 42.7 Å². The van der Waals surface area contributed by atoms with Gasteiger partial charge in [-0.05, 0) is 75.3 Å². The minimum Gasteiger partial charge on any atom is -0.494 e. The lowest BCUT2D eigenvalue weighted by atomic mass is 9.92. The van der Waals surface area contributed by atoms with Crippen LogP contribution in [0.3, 0.4) is 0 Å². The van der Waals surface area contributed by atoms with Crippen molar-refractivity contribution in [3.05, 3.63) is 48.0 Å². The van der Waals surface area contributed by atoms with Crippen LogP contribution in [0, 0.1) is 0 Å². The molecule has 2 saturated carbocycles. The third kappa shape index (κ3) is 4.13. The van der Waals surface area contributed by atoms with Crippen molar-refractivity contribution in [2.45, 2.75) is 63.6 Å². The minimum absolute atomic E-state index is 0.113. The van der Waals surface area contributed by atoms with Gasteiger partial charge in [0, 0.05) is 34.8 Å². The number of carbonyl (C=O) groups excluding carboxylic acids is 1. The van der Waals surface area contributed by atoms with Gasteiger partial charge in [0.25, 0.3) is 0 Å². The fourth-order valence-corrected chi connectivity index (χ4v) is 5.29. The maximum Gasteiger partial charge on any atom is 0.319 e. The molecule has 182 valence electrons. The van der Waals surface area contributed by atoms with E-state index in [0.29, 0.717) is 25.2 Å². The number of fused-ring (bicyclic) bond motifs is 1. The van der Waals surface area contributed by atoms with Crippen molar-refractivity contribution >= 4 is 29.0 Å². The van der Waals surface area contributed by atoms with Crippen molar-refractivity contribution in [3.63, 3.8) is 0 Å². The Kier molecular flexibility index (Phi) is 5.84. The number of rotatable bonds is 7. The molecule has 1 atom stereocenters. The van der Waals surface area contributed by atoms with E-state index in [9.17, 15) is 4.79 Å². The second kappa shape index (κ2) is 9.29. The van der Waals surface area contributed by atoms with E-state index in [1.807, 2.05) is 25.1 Å². The number of amides is 2. The Morgan fingerprint density at radius 1 is 1.11 bits per heavy atom. The topological polar surface area (TPSA) is 76.9 Å². The van der Waals surface area contributed by atoms with Crippen LogP contribution >= 0.6 is 0 Å². The summed E-state index contributed by atoms with van der Waals surface area (Å²) in [6, 6.07) is 15.2. The molecule has 0 bridgehead atoms. The molecule has 2 amide bonds. The molecule has 3 aliphatic rings. The molecule has 6 rings (SSSR count).